The van der Waals surface area contributed by atoms with E-state index in [0.717, 1.165) is 11.4 Å². The fourth-order valence-corrected chi connectivity index (χ4v) is 1.53. The molecule has 88 valence electrons. The smallest absolute Gasteiger partial charge is 0.233 e. The van der Waals surface area contributed by atoms with Crippen LogP contribution < -0.4 is 0 Å². The fourth-order valence-electron chi connectivity index (χ4n) is 1.53. The number of fused-ring (bicyclic) bond motifs is 2. The highest BCUT2D eigenvalue weighted by Gasteiger charge is 1.87. The van der Waals surface area contributed by atoms with Gasteiger partial charge in [0.25, 0.3) is 0 Å². The van der Waals surface area contributed by atoms with Gasteiger partial charge in [0.05, 0.1) is 6.20 Å². The molecular weight excluding hydrogens is 228 g/mol. The lowest BCUT2D eigenvalue weighted by Gasteiger charge is -1.85. The molecule has 6 nitrogen and oxygen atoms in total. The summed E-state index contributed by atoms with van der Waals surface area (Å²) in [6.07, 6.45) is 14.3. The van der Waals surface area contributed by atoms with Crippen molar-refractivity contribution >= 4 is 11.4 Å². The molecule has 0 spiro atoms. The van der Waals surface area contributed by atoms with Crippen molar-refractivity contribution in [3.8, 4) is 0 Å². The van der Waals surface area contributed by atoms with Crippen molar-refractivity contribution in [1.82, 2.24) is 28.7 Å². The number of hydrogen-bond donors (Lipinski definition) is 0. The van der Waals surface area contributed by atoms with E-state index in [2.05, 4.69) is 19.9 Å². The maximum absolute atomic E-state index is 4.04. The van der Waals surface area contributed by atoms with Gasteiger partial charge in [-0.15, -0.1) is 0 Å². The highest BCUT2D eigenvalue weighted by Crippen LogP contribution is 1.93. The van der Waals surface area contributed by atoms with Gasteiger partial charge in [-0.3, -0.25) is 8.80 Å². The van der Waals surface area contributed by atoms with Crippen molar-refractivity contribution < 1.29 is 0 Å². The fraction of sp³-hybridized carbons (Fsp3) is 0. The lowest BCUT2D eigenvalue weighted by Crippen LogP contribution is -1.82. The molecule has 0 aliphatic heterocycles. The van der Waals surface area contributed by atoms with E-state index in [4.69, 9.17) is 0 Å². The largest absolute Gasteiger partial charge is 0.291 e. The summed E-state index contributed by atoms with van der Waals surface area (Å²) in [6.45, 7) is 0. The molecule has 0 aliphatic rings. The van der Waals surface area contributed by atoms with E-state index in [-0.39, 0.29) is 0 Å². The van der Waals surface area contributed by atoms with Crippen LogP contribution in [-0.2, 0) is 0 Å². The normalized spacial score (nSPS) is 10.2. The quantitative estimate of drug-likeness (QED) is 0.465. The molecule has 0 aliphatic carbocycles. The summed E-state index contributed by atoms with van der Waals surface area (Å²) in [4.78, 5) is 15.9. The number of imidazole rings is 2. The molecule has 0 saturated carbocycles. The summed E-state index contributed by atoms with van der Waals surface area (Å²) >= 11 is 0. The Morgan fingerprint density at radius 1 is 0.778 bits per heavy atom. The predicted molar refractivity (Wildman–Crippen MR) is 66.0 cm³/mol. The standard InChI is InChI=1S/2C6H5N3/c1-2-7-6-8-3-5-9(6)4-1;1-2-8-6-4-7-5-9(6)3-1/h2*1-5H. The van der Waals surface area contributed by atoms with Crippen LogP contribution in [0.1, 0.15) is 0 Å². The molecule has 4 aromatic rings. The van der Waals surface area contributed by atoms with Gasteiger partial charge in [0.2, 0.25) is 5.78 Å². The van der Waals surface area contributed by atoms with Crippen LogP contribution in [0.2, 0.25) is 0 Å². The second kappa shape index (κ2) is 4.62. The number of hydrogen-bond acceptors (Lipinski definition) is 4. The van der Waals surface area contributed by atoms with Crippen LogP contribution in [0.4, 0.5) is 0 Å². The molecule has 4 rings (SSSR count). The topological polar surface area (TPSA) is 60.4 Å². The first-order valence-electron chi connectivity index (χ1n) is 5.40. The van der Waals surface area contributed by atoms with E-state index in [9.17, 15) is 0 Å². The summed E-state index contributed by atoms with van der Waals surface area (Å²) in [6, 6.07) is 3.74. The number of aromatic nitrogens is 6. The molecule has 0 aromatic carbocycles. The van der Waals surface area contributed by atoms with Gasteiger partial charge < -0.3 is 0 Å². The molecule has 18 heavy (non-hydrogen) atoms. The Bertz CT molecular complexity index is 631. The molecule has 0 fully saturated rings. The average molecular weight is 238 g/mol. The summed E-state index contributed by atoms with van der Waals surface area (Å²) in [5.41, 5.74) is 0.887. The second-order valence-electron chi connectivity index (χ2n) is 3.53. The van der Waals surface area contributed by atoms with E-state index < -0.39 is 0 Å². The van der Waals surface area contributed by atoms with Crippen molar-refractivity contribution in [1.29, 1.82) is 0 Å². The molecule has 0 amide bonds. The third-order valence-corrected chi connectivity index (χ3v) is 2.36. The van der Waals surface area contributed by atoms with Gasteiger partial charge in [0.1, 0.15) is 6.33 Å². The highest BCUT2D eigenvalue weighted by atomic mass is 15.1. The molecule has 6 heteroatoms. The zero-order valence-electron chi connectivity index (χ0n) is 9.46. The first kappa shape index (κ1) is 10.4. The first-order chi connectivity index (χ1) is 8.93. The molecule has 0 radical (unpaired) electrons. The van der Waals surface area contributed by atoms with Crippen molar-refractivity contribution in [2.45, 2.75) is 0 Å². The Morgan fingerprint density at radius 2 is 1.56 bits per heavy atom. The van der Waals surface area contributed by atoms with E-state index in [1.807, 2.05) is 39.5 Å². The van der Waals surface area contributed by atoms with Gasteiger partial charge in [0, 0.05) is 37.2 Å². The molecule has 0 bridgehead atoms. The van der Waals surface area contributed by atoms with Gasteiger partial charge in [0.15, 0.2) is 5.65 Å². The predicted octanol–water partition coefficient (Wildman–Crippen LogP) is 1.46. The second-order valence-corrected chi connectivity index (χ2v) is 3.53. The molecule has 4 aromatic heterocycles. The van der Waals surface area contributed by atoms with E-state index in [1.54, 1.807) is 31.1 Å². The van der Waals surface area contributed by atoms with Gasteiger partial charge in [-0.2, -0.15) is 0 Å². The van der Waals surface area contributed by atoms with Crippen LogP contribution >= 0.6 is 0 Å². The minimum atomic E-state index is 0.748. The summed E-state index contributed by atoms with van der Waals surface area (Å²) in [5, 5.41) is 0. The third-order valence-electron chi connectivity index (χ3n) is 2.36. The molecule has 0 N–H and O–H groups in total. The van der Waals surface area contributed by atoms with E-state index in [0.29, 0.717) is 0 Å². The maximum Gasteiger partial charge on any atom is 0.233 e. The van der Waals surface area contributed by atoms with Gasteiger partial charge >= 0.3 is 0 Å². The van der Waals surface area contributed by atoms with Crippen molar-refractivity contribution in [3.05, 3.63) is 61.8 Å². The Hall–Kier alpha value is -2.76. The van der Waals surface area contributed by atoms with Gasteiger partial charge in [-0.05, 0) is 12.1 Å². The Labute approximate surface area is 103 Å². The van der Waals surface area contributed by atoms with Gasteiger partial charge in [-0.1, -0.05) is 0 Å². The number of nitrogens with zero attached hydrogens (tertiary/aromatic N) is 6. The lowest BCUT2D eigenvalue weighted by molar-refractivity contribution is 1.11. The van der Waals surface area contributed by atoms with Crippen molar-refractivity contribution in [2.24, 2.45) is 0 Å². The van der Waals surface area contributed by atoms with Crippen LogP contribution in [0.25, 0.3) is 11.4 Å². The van der Waals surface area contributed by atoms with E-state index >= 15 is 0 Å². The first-order valence-corrected chi connectivity index (χ1v) is 5.40. The van der Waals surface area contributed by atoms with Crippen LogP contribution in [0.3, 0.4) is 0 Å². The van der Waals surface area contributed by atoms with Crippen LogP contribution in [0, 0.1) is 0 Å². The Balaban J connectivity index is 0.000000111. The zero-order valence-corrected chi connectivity index (χ0v) is 9.46. The van der Waals surface area contributed by atoms with Crippen LogP contribution in [0.15, 0.2) is 61.8 Å². The molecular formula is C12H10N6. The van der Waals surface area contributed by atoms with Crippen LogP contribution in [0.5, 0.6) is 0 Å². The molecule has 0 saturated heterocycles. The number of rotatable bonds is 0. The lowest BCUT2D eigenvalue weighted by atomic mass is 10.6. The summed E-state index contributed by atoms with van der Waals surface area (Å²) < 4.78 is 3.72. The SMILES string of the molecule is c1cnc2cncn2c1.c1cnc2nccn2c1. The highest BCUT2D eigenvalue weighted by molar-refractivity contribution is 5.33. The summed E-state index contributed by atoms with van der Waals surface area (Å²) in [7, 11) is 0. The van der Waals surface area contributed by atoms with Gasteiger partial charge in [-0.25, -0.2) is 19.9 Å². The average Bonchev–Trinajstić information content (AvgIpc) is 3.08. The maximum atomic E-state index is 4.04. The molecule has 0 unspecified atom stereocenters. The zero-order chi connectivity index (χ0) is 12.2. The Kier molecular flexibility index (Phi) is 2.67. The summed E-state index contributed by atoms with van der Waals surface area (Å²) in [5.74, 6) is 0.748. The molecule has 0 atom stereocenters. The van der Waals surface area contributed by atoms with Crippen molar-refractivity contribution in [2.75, 3.05) is 0 Å². The Morgan fingerprint density at radius 3 is 2.39 bits per heavy atom. The minimum absolute atomic E-state index is 0.748. The third kappa shape index (κ3) is 2.03. The van der Waals surface area contributed by atoms with E-state index in [1.165, 1.54) is 0 Å². The minimum Gasteiger partial charge on any atom is -0.291 e. The van der Waals surface area contributed by atoms with Crippen LogP contribution in [-0.4, -0.2) is 28.7 Å². The van der Waals surface area contributed by atoms with Crippen molar-refractivity contribution in [3.63, 3.8) is 0 Å². The monoisotopic (exact) mass is 238 g/mol. The molecule has 4 heterocycles.